The lowest BCUT2D eigenvalue weighted by molar-refractivity contribution is 0.672. The van der Waals surface area contributed by atoms with Crippen molar-refractivity contribution in [1.82, 2.24) is 4.57 Å². The van der Waals surface area contributed by atoms with E-state index in [9.17, 15) is 0 Å². The van der Waals surface area contributed by atoms with Crippen LogP contribution in [0.2, 0.25) is 0 Å². The third-order valence-corrected chi connectivity index (χ3v) is 13.2. The first-order valence-electron chi connectivity index (χ1n) is 22.2. The molecule has 0 unspecified atom stereocenters. The maximum Gasteiger partial charge on any atom is 0.143 e. The van der Waals surface area contributed by atoms with Crippen molar-refractivity contribution >= 4 is 82.4 Å². The summed E-state index contributed by atoms with van der Waals surface area (Å²) in [5, 5.41) is 9.54. The maximum atomic E-state index is 6.72. The first-order chi connectivity index (χ1) is 32.2. The highest BCUT2D eigenvalue weighted by molar-refractivity contribution is 6.15. The van der Waals surface area contributed by atoms with Crippen LogP contribution < -0.4 is 4.90 Å². The summed E-state index contributed by atoms with van der Waals surface area (Å²) in [6, 6.07) is 87.7. The monoisotopic (exact) mass is 828 g/mol. The molecule has 3 heteroatoms. The Hall–Kier alpha value is -8.66. The summed E-state index contributed by atoms with van der Waals surface area (Å²) in [4.78, 5) is 2.33. The Balaban J connectivity index is 0.892. The van der Waals surface area contributed by atoms with Gasteiger partial charge >= 0.3 is 0 Å². The van der Waals surface area contributed by atoms with Gasteiger partial charge in [0.1, 0.15) is 11.2 Å². The summed E-state index contributed by atoms with van der Waals surface area (Å²) in [6.45, 7) is 0. The third kappa shape index (κ3) is 6.28. The zero-order valence-electron chi connectivity index (χ0n) is 35.4. The highest BCUT2D eigenvalue weighted by Crippen LogP contribution is 2.42. The average Bonchev–Trinajstić information content (AvgIpc) is 3.93. The molecule has 13 aromatic rings. The third-order valence-electron chi connectivity index (χ3n) is 13.2. The van der Waals surface area contributed by atoms with Crippen LogP contribution in [0.5, 0.6) is 0 Å². The van der Waals surface area contributed by atoms with Crippen LogP contribution in [0.1, 0.15) is 0 Å². The van der Waals surface area contributed by atoms with Gasteiger partial charge in [-0.15, -0.1) is 0 Å². The van der Waals surface area contributed by atoms with E-state index in [0.29, 0.717) is 0 Å². The molecule has 0 spiro atoms. The van der Waals surface area contributed by atoms with Crippen molar-refractivity contribution < 1.29 is 4.42 Å². The van der Waals surface area contributed by atoms with Gasteiger partial charge in [-0.05, 0) is 128 Å². The lowest BCUT2D eigenvalue weighted by Crippen LogP contribution is -2.09. The number of fused-ring (bicyclic) bond motifs is 9. The summed E-state index contributed by atoms with van der Waals surface area (Å²) in [6.07, 6.45) is 0. The molecule has 0 saturated heterocycles. The fourth-order valence-corrected chi connectivity index (χ4v) is 9.96. The number of nitrogens with zero attached hydrogens (tertiary/aromatic N) is 2. The smallest absolute Gasteiger partial charge is 0.143 e. The van der Waals surface area contributed by atoms with Gasteiger partial charge in [0, 0.05) is 55.7 Å². The van der Waals surface area contributed by atoms with Crippen LogP contribution in [-0.2, 0) is 0 Å². The normalized spacial score (nSPS) is 11.7. The SMILES string of the molecule is c1cc(-c2ccc(N(c3ccc(-c4cccc(-n5c6ccccc6c6ccccc65)c4)cc3)c3ccc4c(c3)oc3c5ccccc5ccc43)cc2)cc(-c2ccc3ccccc3c2)c1. The molecule has 0 saturated carbocycles. The van der Waals surface area contributed by atoms with Crippen molar-refractivity contribution in [3.8, 4) is 39.1 Å². The van der Waals surface area contributed by atoms with E-state index in [4.69, 9.17) is 4.42 Å². The topological polar surface area (TPSA) is 21.3 Å². The number of hydrogen-bond acceptors (Lipinski definition) is 2. The van der Waals surface area contributed by atoms with E-state index in [-0.39, 0.29) is 0 Å². The zero-order valence-corrected chi connectivity index (χ0v) is 35.4. The second-order valence-corrected chi connectivity index (χ2v) is 16.9. The number of anilines is 3. The Labute approximate surface area is 376 Å². The van der Waals surface area contributed by atoms with Gasteiger partial charge in [-0.2, -0.15) is 0 Å². The van der Waals surface area contributed by atoms with E-state index in [1.54, 1.807) is 0 Å². The van der Waals surface area contributed by atoms with E-state index in [0.717, 1.165) is 66.8 Å². The minimum absolute atomic E-state index is 0.861. The first kappa shape index (κ1) is 36.9. The van der Waals surface area contributed by atoms with Gasteiger partial charge in [-0.3, -0.25) is 0 Å². The number of hydrogen-bond donors (Lipinski definition) is 0. The van der Waals surface area contributed by atoms with Crippen molar-refractivity contribution in [2.75, 3.05) is 4.90 Å². The summed E-state index contributed by atoms with van der Waals surface area (Å²) in [7, 11) is 0. The van der Waals surface area contributed by atoms with Crippen molar-refractivity contribution in [1.29, 1.82) is 0 Å². The lowest BCUT2D eigenvalue weighted by atomic mass is 9.97. The van der Waals surface area contributed by atoms with E-state index < -0.39 is 0 Å². The highest BCUT2D eigenvalue weighted by atomic mass is 16.3. The molecule has 11 aromatic carbocycles. The summed E-state index contributed by atoms with van der Waals surface area (Å²) >= 11 is 0. The minimum Gasteiger partial charge on any atom is -0.455 e. The molecule has 0 N–H and O–H groups in total. The zero-order chi connectivity index (χ0) is 42.8. The Morgan fingerprint density at radius 2 is 0.800 bits per heavy atom. The average molecular weight is 829 g/mol. The Morgan fingerprint density at radius 3 is 1.51 bits per heavy atom. The molecule has 3 nitrogen and oxygen atoms in total. The van der Waals surface area contributed by atoms with Crippen molar-refractivity contribution in [3.05, 3.63) is 243 Å². The Kier molecular flexibility index (Phi) is 8.53. The molecule has 0 atom stereocenters. The van der Waals surface area contributed by atoms with Crippen LogP contribution in [-0.4, -0.2) is 4.57 Å². The van der Waals surface area contributed by atoms with Gasteiger partial charge in [-0.1, -0.05) is 158 Å². The van der Waals surface area contributed by atoms with E-state index in [2.05, 4.69) is 252 Å². The standard InChI is InChI=1S/C62H40N2O/c1-2-13-45-38-49(24-23-41(45)11-1)47-15-9-14-46(37-47)42-25-30-50(31-26-42)63(53-34-36-57-58-35-29-44-12-3-4-18-54(44)62(58)65-61(57)40-53)51-32-27-43(28-33-51)48-16-10-17-52(39-48)64-59-21-7-5-19-55(59)56-20-6-8-22-60(56)64/h1-40H. The summed E-state index contributed by atoms with van der Waals surface area (Å²) < 4.78 is 9.10. The molecule has 0 aliphatic heterocycles. The second kappa shape index (κ2) is 15.0. The molecule has 2 aromatic heterocycles. The van der Waals surface area contributed by atoms with Gasteiger partial charge in [0.2, 0.25) is 0 Å². The molecule has 65 heavy (non-hydrogen) atoms. The maximum absolute atomic E-state index is 6.72. The fourth-order valence-electron chi connectivity index (χ4n) is 9.96. The van der Waals surface area contributed by atoms with Gasteiger partial charge in [0.05, 0.1) is 11.0 Å². The van der Waals surface area contributed by atoms with Crippen LogP contribution >= 0.6 is 0 Å². The Morgan fingerprint density at radius 1 is 0.292 bits per heavy atom. The van der Waals surface area contributed by atoms with Crippen molar-refractivity contribution in [2.24, 2.45) is 0 Å². The minimum atomic E-state index is 0.861. The molecule has 0 bridgehead atoms. The lowest BCUT2D eigenvalue weighted by Gasteiger charge is -2.26. The molecular weight excluding hydrogens is 789 g/mol. The van der Waals surface area contributed by atoms with E-state index in [1.165, 1.54) is 54.7 Å². The van der Waals surface area contributed by atoms with E-state index in [1.807, 2.05) is 0 Å². The van der Waals surface area contributed by atoms with Gasteiger partial charge < -0.3 is 13.9 Å². The molecule has 0 amide bonds. The van der Waals surface area contributed by atoms with E-state index >= 15 is 0 Å². The first-order valence-corrected chi connectivity index (χ1v) is 22.2. The fraction of sp³-hybridized carbons (Fsp3) is 0. The van der Waals surface area contributed by atoms with Crippen LogP contribution in [0, 0.1) is 0 Å². The number of benzene rings is 11. The molecule has 0 radical (unpaired) electrons. The number of rotatable bonds is 7. The van der Waals surface area contributed by atoms with Crippen LogP contribution in [0.4, 0.5) is 17.1 Å². The van der Waals surface area contributed by atoms with Crippen LogP contribution in [0.15, 0.2) is 247 Å². The molecule has 13 rings (SSSR count). The van der Waals surface area contributed by atoms with Gasteiger partial charge in [0.15, 0.2) is 0 Å². The number of aromatic nitrogens is 1. The quantitative estimate of drug-likeness (QED) is 0.160. The predicted molar refractivity (Wildman–Crippen MR) is 274 cm³/mol. The summed E-state index contributed by atoms with van der Waals surface area (Å²) in [5.74, 6) is 0. The van der Waals surface area contributed by atoms with Gasteiger partial charge in [0.25, 0.3) is 0 Å². The van der Waals surface area contributed by atoms with Gasteiger partial charge in [-0.25, -0.2) is 0 Å². The highest BCUT2D eigenvalue weighted by Gasteiger charge is 2.18. The summed E-state index contributed by atoms with van der Waals surface area (Å²) in [5.41, 5.74) is 15.5. The predicted octanol–water partition coefficient (Wildman–Crippen LogP) is 17.5. The molecule has 304 valence electrons. The molecule has 2 heterocycles. The molecule has 0 aliphatic rings. The number of furan rings is 1. The van der Waals surface area contributed by atoms with Crippen molar-refractivity contribution in [2.45, 2.75) is 0 Å². The molecule has 0 aliphatic carbocycles. The Bertz CT molecular complexity index is 3900. The largest absolute Gasteiger partial charge is 0.455 e. The number of para-hydroxylation sites is 2. The molecule has 0 fully saturated rings. The van der Waals surface area contributed by atoms with Crippen LogP contribution in [0.25, 0.3) is 104 Å². The van der Waals surface area contributed by atoms with Crippen molar-refractivity contribution in [3.63, 3.8) is 0 Å². The van der Waals surface area contributed by atoms with Crippen LogP contribution in [0.3, 0.4) is 0 Å². The second-order valence-electron chi connectivity index (χ2n) is 16.9. The molecular formula is C62H40N2O.